The highest BCUT2D eigenvalue weighted by molar-refractivity contribution is 7.91. The average molecular weight is 246 g/mol. The van der Waals surface area contributed by atoms with E-state index in [2.05, 4.69) is 5.32 Å². The van der Waals surface area contributed by atoms with Crippen LogP contribution >= 0.6 is 11.3 Å². The standard InChI is InChI=1S/C9H14N2O2S2/c1-11-9(6-2-3-6)7-4-5-8(14-7)15(10,12)13/h4-6,9,11H,2-3H2,1H3,(H2,10,12,13). The monoisotopic (exact) mass is 246 g/mol. The molecule has 0 amide bonds. The maximum Gasteiger partial charge on any atom is 0.247 e. The molecule has 0 aliphatic heterocycles. The van der Waals surface area contributed by atoms with Gasteiger partial charge in [0.2, 0.25) is 10.0 Å². The van der Waals surface area contributed by atoms with E-state index in [9.17, 15) is 8.42 Å². The molecule has 1 aliphatic carbocycles. The molecule has 15 heavy (non-hydrogen) atoms. The van der Waals surface area contributed by atoms with Gasteiger partial charge in [0.15, 0.2) is 0 Å². The van der Waals surface area contributed by atoms with Crippen LogP contribution in [0.4, 0.5) is 0 Å². The number of primary sulfonamides is 1. The molecule has 1 heterocycles. The summed E-state index contributed by atoms with van der Waals surface area (Å²) in [4.78, 5) is 1.06. The molecule has 1 aromatic heterocycles. The molecule has 1 fully saturated rings. The number of thiophene rings is 1. The molecule has 1 atom stereocenters. The highest BCUT2D eigenvalue weighted by Crippen LogP contribution is 2.43. The lowest BCUT2D eigenvalue weighted by molar-refractivity contribution is 0.537. The van der Waals surface area contributed by atoms with Gasteiger partial charge < -0.3 is 5.32 Å². The van der Waals surface area contributed by atoms with Crippen molar-refractivity contribution in [3.05, 3.63) is 17.0 Å². The SMILES string of the molecule is CNC(c1ccc(S(N)(=O)=O)s1)C1CC1. The molecular weight excluding hydrogens is 232 g/mol. The summed E-state index contributed by atoms with van der Waals surface area (Å²) in [6.45, 7) is 0. The molecule has 1 unspecified atom stereocenters. The molecule has 2 rings (SSSR count). The van der Waals surface area contributed by atoms with E-state index in [1.807, 2.05) is 13.1 Å². The fourth-order valence-corrected chi connectivity index (χ4v) is 3.65. The lowest BCUT2D eigenvalue weighted by Gasteiger charge is -2.12. The predicted octanol–water partition coefficient (Wildman–Crippen LogP) is 1.07. The quantitative estimate of drug-likeness (QED) is 0.834. The van der Waals surface area contributed by atoms with Crippen LogP contribution < -0.4 is 10.5 Å². The van der Waals surface area contributed by atoms with E-state index in [1.165, 1.54) is 24.2 Å². The van der Waals surface area contributed by atoms with Crippen molar-refractivity contribution < 1.29 is 8.42 Å². The lowest BCUT2D eigenvalue weighted by Crippen LogP contribution is -2.16. The summed E-state index contributed by atoms with van der Waals surface area (Å²) in [5.41, 5.74) is 0. The summed E-state index contributed by atoms with van der Waals surface area (Å²) < 4.78 is 22.5. The Kier molecular flexibility index (Phi) is 2.85. The van der Waals surface area contributed by atoms with Gasteiger partial charge in [-0.15, -0.1) is 11.3 Å². The molecule has 0 saturated heterocycles. The molecule has 4 nitrogen and oxygen atoms in total. The zero-order valence-corrected chi connectivity index (χ0v) is 10.1. The number of sulfonamides is 1. The molecule has 0 aromatic carbocycles. The van der Waals surface area contributed by atoms with Crippen molar-refractivity contribution in [2.45, 2.75) is 23.1 Å². The van der Waals surface area contributed by atoms with E-state index in [4.69, 9.17) is 5.14 Å². The fourth-order valence-electron chi connectivity index (χ4n) is 1.69. The Morgan fingerprint density at radius 2 is 2.20 bits per heavy atom. The number of hydrogen-bond acceptors (Lipinski definition) is 4. The van der Waals surface area contributed by atoms with Crippen LogP contribution in [0.15, 0.2) is 16.3 Å². The highest BCUT2D eigenvalue weighted by atomic mass is 32.2. The molecule has 0 radical (unpaired) electrons. The summed E-state index contributed by atoms with van der Waals surface area (Å²) in [7, 11) is -1.64. The van der Waals surface area contributed by atoms with Crippen LogP contribution in [-0.4, -0.2) is 15.5 Å². The minimum atomic E-state index is -3.54. The summed E-state index contributed by atoms with van der Waals surface area (Å²) in [5, 5.41) is 8.29. The molecule has 3 N–H and O–H groups in total. The zero-order chi connectivity index (χ0) is 11.1. The van der Waals surface area contributed by atoms with Crippen LogP contribution in [0.5, 0.6) is 0 Å². The van der Waals surface area contributed by atoms with Crippen LogP contribution in [0.3, 0.4) is 0 Å². The first-order valence-electron chi connectivity index (χ1n) is 4.82. The number of nitrogens with two attached hydrogens (primary N) is 1. The van der Waals surface area contributed by atoms with Crippen molar-refractivity contribution in [1.29, 1.82) is 0 Å². The molecule has 0 spiro atoms. The van der Waals surface area contributed by atoms with Crippen molar-refractivity contribution in [3.8, 4) is 0 Å². The first kappa shape index (κ1) is 11.1. The van der Waals surface area contributed by atoms with E-state index in [0.29, 0.717) is 5.92 Å². The van der Waals surface area contributed by atoms with Crippen LogP contribution in [0.1, 0.15) is 23.8 Å². The van der Waals surface area contributed by atoms with Crippen molar-refractivity contribution in [1.82, 2.24) is 5.32 Å². The Bertz CT molecular complexity index is 448. The number of rotatable bonds is 4. The largest absolute Gasteiger partial charge is 0.312 e. The van der Waals surface area contributed by atoms with Gasteiger partial charge in [0, 0.05) is 10.9 Å². The fraction of sp³-hybridized carbons (Fsp3) is 0.556. The Morgan fingerprint density at radius 3 is 2.60 bits per heavy atom. The van der Waals surface area contributed by atoms with Crippen LogP contribution in [0.2, 0.25) is 0 Å². The van der Waals surface area contributed by atoms with Crippen molar-refractivity contribution in [2.75, 3.05) is 7.05 Å². The molecule has 1 saturated carbocycles. The van der Waals surface area contributed by atoms with Gasteiger partial charge in [-0.3, -0.25) is 0 Å². The molecule has 1 aliphatic rings. The summed E-state index contributed by atoms with van der Waals surface area (Å²) in [6.07, 6.45) is 2.43. The van der Waals surface area contributed by atoms with Gasteiger partial charge in [0.1, 0.15) is 4.21 Å². The third-order valence-electron chi connectivity index (χ3n) is 2.59. The summed E-state index contributed by atoms with van der Waals surface area (Å²) >= 11 is 1.27. The minimum absolute atomic E-state index is 0.249. The second kappa shape index (κ2) is 3.86. The van der Waals surface area contributed by atoms with Gasteiger partial charge >= 0.3 is 0 Å². The first-order valence-corrected chi connectivity index (χ1v) is 7.18. The van der Waals surface area contributed by atoms with Gasteiger partial charge in [-0.1, -0.05) is 0 Å². The summed E-state index contributed by atoms with van der Waals surface area (Å²) in [6, 6.07) is 3.72. The van der Waals surface area contributed by atoms with Gasteiger partial charge in [-0.25, -0.2) is 13.6 Å². The van der Waals surface area contributed by atoms with Gasteiger partial charge in [0.05, 0.1) is 0 Å². The minimum Gasteiger partial charge on any atom is -0.312 e. The average Bonchev–Trinajstić information content (AvgIpc) is 2.82. The van der Waals surface area contributed by atoms with Gasteiger partial charge in [-0.05, 0) is 37.9 Å². The second-order valence-electron chi connectivity index (χ2n) is 3.81. The van der Waals surface area contributed by atoms with Crippen LogP contribution in [-0.2, 0) is 10.0 Å². The Balaban J connectivity index is 2.25. The second-order valence-corrected chi connectivity index (χ2v) is 6.71. The van der Waals surface area contributed by atoms with E-state index >= 15 is 0 Å². The van der Waals surface area contributed by atoms with Gasteiger partial charge in [0.25, 0.3) is 0 Å². The summed E-state index contributed by atoms with van der Waals surface area (Å²) in [5.74, 6) is 0.655. The molecule has 84 valence electrons. The van der Waals surface area contributed by atoms with E-state index in [0.717, 1.165) is 4.88 Å². The topological polar surface area (TPSA) is 72.2 Å². The van der Waals surface area contributed by atoms with Gasteiger partial charge in [-0.2, -0.15) is 0 Å². The first-order chi connectivity index (χ1) is 7.02. The van der Waals surface area contributed by atoms with E-state index < -0.39 is 10.0 Å². The molecule has 6 heteroatoms. The highest BCUT2D eigenvalue weighted by Gasteiger charge is 2.32. The zero-order valence-electron chi connectivity index (χ0n) is 8.43. The Morgan fingerprint density at radius 1 is 1.53 bits per heavy atom. The number of hydrogen-bond donors (Lipinski definition) is 2. The smallest absolute Gasteiger partial charge is 0.247 e. The maximum absolute atomic E-state index is 11.1. The van der Waals surface area contributed by atoms with E-state index in [-0.39, 0.29) is 10.3 Å². The van der Waals surface area contributed by atoms with E-state index in [1.54, 1.807) is 6.07 Å². The predicted molar refractivity (Wildman–Crippen MR) is 60.2 cm³/mol. The normalized spacial score (nSPS) is 19.1. The third-order valence-corrected chi connectivity index (χ3v) is 5.20. The van der Waals surface area contributed by atoms with Crippen molar-refractivity contribution in [3.63, 3.8) is 0 Å². The lowest BCUT2D eigenvalue weighted by atomic mass is 10.1. The third kappa shape index (κ3) is 2.39. The molecule has 0 bridgehead atoms. The van der Waals surface area contributed by atoms with Crippen molar-refractivity contribution >= 4 is 21.4 Å². The molecular formula is C9H14N2O2S2. The van der Waals surface area contributed by atoms with Crippen LogP contribution in [0.25, 0.3) is 0 Å². The van der Waals surface area contributed by atoms with Crippen LogP contribution in [0, 0.1) is 5.92 Å². The molecule has 1 aromatic rings. The maximum atomic E-state index is 11.1. The Labute approximate surface area is 93.5 Å². The number of nitrogens with one attached hydrogen (secondary N) is 1. The Hall–Kier alpha value is -0.430. The van der Waals surface area contributed by atoms with Crippen molar-refractivity contribution in [2.24, 2.45) is 11.1 Å².